The van der Waals surface area contributed by atoms with Gasteiger partial charge < -0.3 is 24.4 Å². The van der Waals surface area contributed by atoms with E-state index in [0.717, 1.165) is 4.57 Å². The van der Waals surface area contributed by atoms with Gasteiger partial charge in [0.2, 0.25) is 5.91 Å². The number of carbonyl (C=O) groups excluding carboxylic acids is 1. The third-order valence-electron chi connectivity index (χ3n) is 7.94. The molecule has 1 aliphatic rings. The molecule has 1 aromatic heterocycles. The minimum atomic E-state index is -2.63. The average Bonchev–Trinajstić information content (AvgIpc) is 2.96. The minimum Gasteiger partial charge on any atom is -0.414 e. The third kappa shape index (κ3) is 5.89. The van der Waals surface area contributed by atoms with Gasteiger partial charge in [-0.1, -0.05) is 41.5 Å². The predicted octanol–water partition coefficient (Wildman–Crippen LogP) is 2.67. The van der Waals surface area contributed by atoms with Crippen LogP contribution in [0.4, 0.5) is 0 Å². The number of aromatic amines is 1. The number of H-pyrrole nitrogens is 1. The Bertz CT molecular complexity index is 1080. The van der Waals surface area contributed by atoms with Gasteiger partial charge in [-0.15, -0.1) is 11.6 Å². The standard InChI is InChI=1S/C23H42ClN3O7Si2/c1-21(2,3)35(7,8)32-13-14-23(31,16(24)18(25)29)17(34-36(9,10)22(4,5)6)19(33-14)27-12-11-15(28)26-20(27)30/h11-12,14,16-17,19,31H,13H2,1-10H3,(H2,25,29)(H,26,28,30)/t14-,16?,17+,19-,23-/m1/s1. The average molecular weight is 564 g/mol. The summed E-state index contributed by atoms with van der Waals surface area (Å²) in [5, 5.41) is 10.1. The Balaban J connectivity index is 2.69. The van der Waals surface area contributed by atoms with Gasteiger partial charge in [0.1, 0.15) is 23.2 Å². The zero-order chi connectivity index (χ0) is 28.1. The van der Waals surface area contributed by atoms with E-state index in [2.05, 4.69) is 25.8 Å². The van der Waals surface area contributed by atoms with Gasteiger partial charge in [-0.3, -0.25) is 19.1 Å². The van der Waals surface area contributed by atoms with E-state index in [-0.39, 0.29) is 16.7 Å². The number of nitrogens with zero attached hydrogens (tertiary/aromatic N) is 1. The number of nitrogens with two attached hydrogens (primary N) is 1. The maximum atomic E-state index is 12.8. The topological polar surface area (TPSA) is 146 Å². The Labute approximate surface area is 219 Å². The van der Waals surface area contributed by atoms with Gasteiger partial charge in [-0.2, -0.15) is 0 Å². The molecule has 206 valence electrons. The highest BCUT2D eigenvalue weighted by atomic mass is 35.5. The molecule has 2 heterocycles. The second kappa shape index (κ2) is 10.1. The summed E-state index contributed by atoms with van der Waals surface area (Å²) in [5.74, 6) is -0.960. The first-order valence-electron chi connectivity index (χ1n) is 12.0. The summed E-state index contributed by atoms with van der Waals surface area (Å²) in [4.78, 5) is 39.0. The van der Waals surface area contributed by atoms with Crippen LogP contribution >= 0.6 is 11.6 Å². The molecule has 0 aliphatic carbocycles. The maximum Gasteiger partial charge on any atom is 0.330 e. The molecule has 1 saturated heterocycles. The van der Waals surface area contributed by atoms with E-state index in [1.807, 2.05) is 47.0 Å². The second-order valence-electron chi connectivity index (χ2n) is 12.6. The number of amides is 1. The Kier molecular flexibility index (Phi) is 8.69. The van der Waals surface area contributed by atoms with Gasteiger partial charge >= 0.3 is 5.69 Å². The smallest absolute Gasteiger partial charge is 0.330 e. The van der Waals surface area contributed by atoms with E-state index in [0.29, 0.717) is 0 Å². The lowest BCUT2D eigenvalue weighted by Gasteiger charge is -2.44. The zero-order valence-corrected chi connectivity index (χ0v) is 25.7. The van der Waals surface area contributed by atoms with Crippen molar-refractivity contribution in [2.75, 3.05) is 6.61 Å². The molecule has 10 nitrogen and oxygen atoms in total. The van der Waals surface area contributed by atoms with Crippen LogP contribution in [0.1, 0.15) is 47.8 Å². The van der Waals surface area contributed by atoms with Gasteiger partial charge in [-0.05, 0) is 36.3 Å². The SMILES string of the molecule is CC(C)(C)[Si](C)(C)OC[C@H]1O[C@@H](n2ccc(=O)[nH]c2=O)[C@H](O[Si](C)(C)C(C)(C)C)[C@]1(O)C(Cl)C(N)=O. The van der Waals surface area contributed by atoms with Crippen molar-refractivity contribution in [1.82, 2.24) is 9.55 Å². The number of rotatable bonds is 8. The predicted molar refractivity (Wildman–Crippen MR) is 144 cm³/mol. The van der Waals surface area contributed by atoms with Crippen molar-refractivity contribution in [1.29, 1.82) is 0 Å². The van der Waals surface area contributed by atoms with Crippen LogP contribution in [0, 0.1) is 0 Å². The molecule has 1 fully saturated rings. The number of halogens is 1. The first kappa shape index (κ1) is 30.9. The van der Waals surface area contributed by atoms with Crippen molar-refractivity contribution in [3.8, 4) is 0 Å². The van der Waals surface area contributed by atoms with Crippen LogP contribution in [-0.4, -0.2) is 67.0 Å². The Morgan fingerprint density at radius 2 is 1.72 bits per heavy atom. The van der Waals surface area contributed by atoms with E-state index in [9.17, 15) is 19.5 Å². The number of ether oxygens (including phenoxy) is 1. The van der Waals surface area contributed by atoms with Gasteiger partial charge in [-0.25, -0.2) is 4.79 Å². The van der Waals surface area contributed by atoms with Crippen molar-refractivity contribution in [3.05, 3.63) is 33.1 Å². The fourth-order valence-corrected chi connectivity index (χ4v) is 6.01. The van der Waals surface area contributed by atoms with Gasteiger partial charge in [0, 0.05) is 12.3 Å². The number of carbonyl (C=O) groups is 1. The largest absolute Gasteiger partial charge is 0.414 e. The van der Waals surface area contributed by atoms with Crippen molar-refractivity contribution < 1.29 is 23.5 Å². The van der Waals surface area contributed by atoms with Crippen molar-refractivity contribution in [2.45, 2.75) is 107 Å². The quantitative estimate of drug-likeness (QED) is 0.325. The lowest BCUT2D eigenvalue weighted by molar-refractivity contribution is -0.131. The molecule has 1 amide bonds. The molecule has 0 spiro atoms. The van der Waals surface area contributed by atoms with E-state index in [1.165, 1.54) is 12.3 Å². The Morgan fingerprint density at radius 1 is 1.19 bits per heavy atom. The van der Waals surface area contributed by atoms with Crippen LogP contribution in [-0.2, 0) is 18.4 Å². The summed E-state index contributed by atoms with van der Waals surface area (Å²) in [6, 6.07) is 1.17. The molecule has 0 aromatic carbocycles. The summed E-state index contributed by atoms with van der Waals surface area (Å²) >= 11 is 6.49. The monoisotopic (exact) mass is 563 g/mol. The van der Waals surface area contributed by atoms with E-state index < -0.39 is 63.2 Å². The number of aliphatic hydroxyl groups is 1. The Hall–Kier alpha value is -1.29. The molecule has 1 aromatic rings. The fraction of sp³-hybridized carbons (Fsp3) is 0.783. The normalized spacial score (nSPS) is 26.7. The molecule has 0 saturated carbocycles. The Morgan fingerprint density at radius 3 is 2.17 bits per heavy atom. The summed E-state index contributed by atoms with van der Waals surface area (Å²) in [6.45, 7) is 20.2. The van der Waals surface area contributed by atoms with Crippen LogP contribution in [0.2, 0.25) is 36.3 Å². The number of hydrogen-bond acceptors (Lipinski definition) is 7. The molecule has 1 unspecified atom stereocenters. The number of hydrogen-bond donors (Lipinski definition) is 3. The molecule has 4 N–H and O–H groups in total. The van der Waals surface area contributed by atoms with Crippen molar-refractivity contribution in [3.63, 3.8) is 0 Å². The highest BCUT2D eigenvalue weighted by Crippen LogP contribution is 2.48. The summed E-state index contributed by atoms with van der Waals surface area (Å²) in [7, 11) is -4.95. The molecular formula is C23H42ClN3O7Si2. The molecule has 5 atom stereocenters. The van der Waals surface area contributed by atoms with E-state index in [1.54, 1.807) is 0 Å². The first-order valence-corrected chi connectivity index (χ1v) is 18.3. The highest BCUT2D eigenvalue weighted by Gasteiger charge is 2.64. The molecular weight excluding hydrogens is 522 g/mol. The maximum absolute atomic E-state index is 12.8. The molecule has 0 radical (unpaired) electrons. The minimum absolute atomic E-state index is 0.102. The van der Waals surface area contributed by atoms with Crippen LogP contribution in [0.5, 0.6) is 0 Å². The lowest BCUT2D eigenvalue weighted by Crippen LogP contribution is -2.63. The van der Waals surface area contributed by atoms with Crippen LogP contribution in [0.25, 0.3) is 0 Å². The summed E-state index contributed by atoms with van der Waals surface area (Å²) in [5.41, 5.74) is 2.11. The summed E-state index contributed by atoms with van der Waals surface area (Å²) < 4.78 is 20.3. The first-order chi connectivity index (χ1) is 16.1. The number of alkyl halides is 1. The lowest BCUT2D eigenvalue weighted by atomic mass is 9.88. The number of aromatic nitrogens is 2. The highest BCUT2D eigenvalue weighted by molar-refractivity contribution is 6.74. The third-order valence-corrected chi connectivity index (χ3v) is 17.5. The summed E-state index contributed by atoms with van der Waals surface area (Å²) in [6.07, 6.45) is -2.36. The molecule has 2 rings (SSSR count). The van der Waals surface area contributed by atoms with Crippen molar-refractivity contribution in [2.24, 2.45) is 5.73 Å². The van der Waals surface area contributed by atoms with Gasteiger partial charge in [0.05, 0.1) is 6.61 Å². The van der Waals surface area contributed by atoms with Gasteiger partial charge in [0.25, 0.3) is 5.56 Å². The molecule has 13 heteroatoms. The van der Waals surface area contributed by atoms with E-state index in [4.69, 9.17) is 30.9 Å². The molecule has 1 aliphatic heterocycles. The number of primary amides is 1. The molecule has 0 bridgehead atoms. The van der Waals surface area contributed by atoms with Crippen LogP contribution in [0.3, 0.4) is 0 Å². The second-order valence-corrected chi connectivity index (χ2v) is 22.6. The van der Waals surface area contributed by atoms with Crippen LogP contribution in [0.15, 0.2) is 21.9 Å². The number of nitrogens with one attached hydrogen (secondary N) is 1. The van der Waals surface area contributed by atoms with Crippen molar-refractivity contribution >= 4 is 34.1 Å². The van der Waals surface area contributed by atoms with Gasteiger partial charge in [0.15, 0.2) is 22.9 Å². The van der Waals surface area contributed by atoms with E-state index >= 15 is 0 Å². The molecule has 36 heavy (non-hydrogen) atoms. The fourth-order valence-electron chi connectivity index (χ4n) is 3.45. The zero-order valence-electron chi connectivity index (χ0n) is 23.0. The van der Waals surface area contributed by atoms with Crippen LogP contribution < -0.4 is 17.0 Å².